The quantitative estimate of drug-likeness (QED) is 0.541. The summed E-state index contributed by atoms with van der Waals surface area (Å²) >= 11 is 0. The van der Waals surface area contributed by atoms with Crippen LogP contribution in [-0.4, -0.2) is 36.1 Å². The van der Waals surface area contributed by atoms with Crippen LogP contribution in [0.15, 0.2) is 60.8 Å². The van der Waals surface area contributed by atoms with Crippen molar-refractivity contribution in [3.63, 3.8) is 0 Å². The molecular weight excluding hydrogens is 368 g/mol. The molecule has 3 rings (SSSR count). The average molecular weight is 392 g/mol. The molecular formula is C22H24N4O3. The number of nitrogens with one attached hydrogen (secondary N) is 2. The van der Waals surface area contributed by atoms with Crippen LogP contribution < -0.4 is 20.1 Å². The molecule has 0 radical (unpaired) electrons. The van der Waals surface area contributed by atoms with Crippen molar-refractivity contribution in [3.05, 3.63) is 72.1 Å². The highest BCUT2D eigenvalue weighted by molar-refractivity contribution is 5.92. The maximum Gasteiger partial charge on any atom is 0.270 e. The Hall–Kier alpha value is -3.61. The smallest absolute Gasteiger partial charge is 0.270 e. The highest BCUT2D eigenvalue weighted by atomic mass is 16.5. The van der Waals surface area contributed by atoms with Crippen LogP contribution in [0.1, 0.15) is 23.0 Å². The van der Waals surface area contributed by atoms with Crippen molar-refractivity contribution in [2.45, 2.75) is 13.3 Å². The summed E-state index contributed by atoms with van der Waals surface area (Å²) < 4.78 is 10.7. The maximum absolute atomic E-state index is 12.4. The Morgan fingerprint density at radius 3 is 2.55 bits per heavy atom. The number of hydrogen-bond acceptors (Lipinski definition) is 6. The Morgan fingerprint density at radius 1 is 1.03 bits per heavy atom. The number of hydrogen-bond donors (Lipinski definition) is 2. The summed E-state index contributed by atoms with van der Waals surface area (Å²) in [7, 11) is 1.61. The summed E-state index contributed by atoms with van der Waals surface area (Å²) in [6, 6.07) is 16.8. The highest BCUT2D eigenvalue weighted by Gasteiger charge is 2.09. The van der Waals surface area contributed by atoms with Gasteiger partial charge in [0.05, 0.1) is 13.7 Å². The Morgan fingerprint density at radius 2 is 1.79 bits per heavy atom. The number of amides is 1. The van der Waals surface area contributed by atoms with Gasteiger partial charge >= 0.3 is 0 Å². The summed E-state index contributed by atoms with van der Waals surface area (Å²) in [6.45, 7) is 2.79. The van der Waals surface area contributed by atoms with E-state index in [-0.39, 0.29) is 5.91 Å². The minimum absolute atomic E-state index is 0.280. The molecule has 150 valence electrons. The van der Waals surface area contributed by atoms with E-state index in [1.54, 1.807) is 19.4 Å². The van der Waals surface area contributed by atoms with Gasteiger partial charge in [-0.05, 0) is 48.4 Å². The van der Waals surface area contributed by atoms with Gasteiger partial charge in [0.1, 0.15) is 23.8 Å². The van der Waals surface area contributed by atoms with Gasteiger partial charge in [-0.1, -0.05) is 25.1 Å². The predicted octanol–water partition coefficient (Wildman–Crippen LogP) is 3.60. The van der Waals surface area contributed by atoms with Crippen LogP contribution >= 0.6 is 0 Å². The minimum Gasteiger partial charge on any atom is -0.497 e. The summed E-state index contributed by atoms with van der Waals surface area (Å²) in [4.78, 5) is 20.9. The number of aryl methyl sites for hydroxylation is 1. The molecule has 7 heteroatoms. The zero-order valence-electron chi connectivity index (χ0n) is 16.5. The number of carbonyl (C=O) groups excluding carboxylic acids is 1. The van der Waals surface area contributed by atoms with E-state index < -0.39 is 0 Å². The summed E-state index contributed by atoms with van der Waals surface area (Å²) in [5.41, 5.74) is 2.38. The molecule has 0 unspecified atom stereocenters. The molecule has 2 aromatic carbocycles. The fourth-order valence-corrected chi connectivity index (χ4v) is 2.71. The lowest BCUT2D eigenvalue weighted by Gasteiger charge is -2.11. The molecule has 0 aliphatic heterocycles. The Kier molecular flexibility index (Phi) is 7.00. The lowest BCUT2D eigenvalue weighted by molar-refractivity contribution is 0.0942. The third-order valence-electron chi connectivity index (χ3n) is 4.25. The second-order valence-electron chi connectivity index (χ2n) is 6.18. The van der Waals surface area contributed by atoms with E-state index in [0.29, 0.717) is 30.5 Å². The van der Waals surface area contributed by atoms with E-state index in [1.165, 1.54) is 0 Å². The number of methoxy groups -OCH3 is 1. The third-order valence-corrected chi connectivity index (χ3v) is 4.25. The summed E-state index contributed by atoms with van der Waals surface area (Å²) in [6.07, 6.45) is 2.45. The molecule has 1 heterocycles. The van der Waals surface area contributed by atoms with Crippen molar-refractivity contribution < 1.29 is 14.3 Å². The summed E-state index contributed by atoms with van der Waals surface area (Å²) in [5, 5.41) is 5.98. The van der Waals surface area contributed by atoms with Crippen molar-refractivity contribution in [3.8, 4) is 11.5 Å². The van der Waals surface area contributed by atoms with Gasteiger partial charge in [-0.3, -0.25) is 4.79 Å². The van der Waals surface area contributed by atoms with Gasteiger partial charge in [-0.15, -0.1) is 0 Å². The Bertz CT molecular complexity index is 945. The normalized spacial score (nSPS) is 10.3. The van der Waals surface area contributed by atoms with Gasteiger partial charge in [0, 0.05) is 11.9 Å². The molecule has 0 aliphatic rings. The molecule has 0 spiro atoms. The number of benzene rings is 2. The van der Waals surface area contributed by atoms with Crippen LogP contribution in [-0.2, 0) is 6.42 Å². The van der Waals surface area contributed by atoms with Gasteiger partial charge < -0.3 is 20.1 Å². The van der Waals surface area contributed by atoms with Crippen LogP contribution in [0.2, 0.25) is 0 Å². The van der Waals surface area contributed by atoms with E-state index in [0.717, 1.165) is 23.4 Å². The molecule has 29 heavy (non-hydrogen) atoms. The lowest BCUT2D eigenvalue weighted by atomic mass is 10.1. The predicted molar refractivity (Wildman–Crippen MR) is 112 cm³/mol. The number of nitrogens with zero attached hydrogens (tertiary/aromatic N) is 2. The first-order chi connectivity index (χ1) is 14.2. The standard InChI is InChI=1S/C22H24N4O3/c1-3-16-6-4-5-7-19(16)25-22-24-13-12-20(26-22)21(27)23-14-15-29-18-10-8-17(28-2)9-11-18/h4-13H,3,14-15H2,1-2H3,(H,23,27)(H,24,25,26). The zero-order valence-corrected chi connectivity index (χ0v) is 16.5. The first kappa shape index (κ1) is 20.1. The number of rotatable bonds is 9. The second-order valence-corrected chi connectivity index (χ2v) is 6.18. The number of aromatic nitrogens is 2. The van der Waals surface area contributed by atoms with E-state index in [4.69, 9.17) is 9.47 Å². The molecule has 1 amide bonds. The molecule has 3 aromatic rings. The molecule has 0 saturated carbocycles. The van der Waals surface area contributed by atoms with Crippen LogP contribution in [0.5, 0.6) is 11.5 Å². The molecule has 0 atom stereocenters. The van der Waals surface area contributed by atoms with Crippen molar-refractivity contribution in [1.82, 2.24) is 15.3 Å². The molecule has 0 saturated heterocycles. The highest BCUT2D eigenvalue weighted by Crippen LogP contribution is 2.19. The molecule has 0 fully saturated rings. The van der Waals surface area contributed by atoms with Crippen molar-refractivity contribution >= 4 is 17.5 Å². The zero-order chi connectivity index (χ0) is 20.5. The van der Waals surface area contributed by atoms with Crippen LogP contribution in [0.3, 0.4) is 0 Å². The maximum atomic E-state index is 12.4. The van der Waals surface area contributed by atoms with Crippen molar-refractivity contribution in [2.75, 3.05) is 25.6 Å². The van der Waals surface area contributed by atoms with E-state index in [9.17, 15) is 4.79 Å². The number of anilines is 2. The first-order valence-corrected chi connectivity index (χ1v) is 9.42. The monoisotopic (exact) mass is 392 g/mol. The Balaban J connectivity index is 1.52. The molecule has 0 bridgehead atoms. The van der Waals surface area contributed by atoms with Crippen LogP contribution in [0.4, 0.5) is 11.6 Å². The van der Waals surface area contributed by atoms with Gasteiger partial charge in [0.25, 0.3) is 5.91 Å². The number of carbonyl (C=O) groups is 1. The van der Waals surface area contributed by atoms with Gasteiger partial charge in [0.2, 0.25) is 5.95 Å². The number of ether oxygens (including phenoxy) is 2. The van der Waals surface area contributed by atoms with Gasteiger partial charge in [-0.2, -0.15) is 0 Å². The minimum atomic E-state index is -0.280. The van der Waals surface area contributed by atoms with E-state index in [2.05, 4.69) is 27.5 Å². The topological polar surface area (TPSA) is 85.4 Å². The van der Waals surface area contributed by atoms with Gasteiger partial charge in [0.15, 0.2) is 0 Å². The fraction of sp³-hybridized carbons (Fsp3) is 0.227. The summed E-state index contributed by atoms with van der Waals surface area (Å²) in [5.74, 6) is 1.58. The molecule has 2 N–H and O–H groups in total. The first-order valence-electron chi connectivity index (χ1n) is 9.42. The Labute approximate surface area is 170 Å². The van der Waals surface area contributed by atoms with Crippen molar-refractivity contribution in [2.24, 2.45) is 0 Å². The number of para-hydroxylation sites is 1. The molecule has 7 nitrogen and oxygen atoms in total. The van der Waals surface area contributed by atoms with E-state index >= 15 is 0 Å². The van der Waals surface area contributed by atoms with Crippen molar-refractivity contribution in [1.29, 1.82) is 0 Å². The second kappa shape index (κ2) is 10.1. The largest absolute Gasteiger partial charge is 0.497 e. The molecule has 1 aromatic heterocycles. The van der Waals surface area contributed by atoms with Crippen LogP contribution in [0, 0.1) is 0 Å². The SMILES string of the molecule is CCc1ccccc1Nc1nccc(C(=O)NCCOc2ccc(OC)cc2)n1. The third kappa shape index (κ3) is 5.68. The average Bonchev–Trinajstić information content (AvgIpc) is 2.77. The van der Waals surface area contributed by atoms with Gasteiger partial charge in [-0.25, -0.2) is 9.97 Å². The van der Waals surface area contributed by atoms with E-state index in [1.807, 2.05) is 48.5 Å². The lowest BCUT2D eigenvalue weighted by Crippen LogP contribution is -2.29. The van der Waals surface area contributed by atoms with Crippen LogP contribution in [0.25, 0.3) is 0 Å². The molecule has 0 aliphatic carbocycles. The fourth-order valence-electron chi connectivity index (χ4n) is 2.71.